The lowest BCUT2D eigenvalue weighted by atomic mass is 10.3. The van der Waals surface area contributed by atoms with Crippen LogP contribution < -0.4 is 4.74 Å². The van der Waals surface area contributed by atoms with Crippen molar-refractivity contribution < 1.29 is 27.5 Å². The average molecular weight is 263 g/mol. The summed E-state index contributed by atoms with van der Waals surface area (Å²) in [5.41, 5.74) is -4.37. The van der Waals surface area contributed by atoms with Crippen molar-refractivity contribution >= 4 is 23.9 Å². The van der Waals surface area contributed by atoms with Crippen LogP contribution in [-0.2, 0) is 4.79 Å². The molecular formula is C9H4F3NO3S. The maximum absolute atomic E-state index is 12.0. The number of carbonyl (C=O) groups is 1. The number of thioether (sulfide) groups is 1. The predicted molar refractivity (Wildman–Crippen MR) is 52.5 cm³/mol. The molecule has 0 aliphatic heterocycles. The smallest absolute Gasteiger partial charge is 0.408 e. The predicted octanol–water partition coefficient (Wildman–Crippen LogP) is 3.13. The van der Waals surface area contributed by atoms with Crippen molar-refractivity contribution in [1.82, 2.24) is 0 Å². The van der Waals surface area contributed by atoms with Crippen LogP contribution >= 0.6 is 11.8 Å². The monoisotopic (exact) mass is 263 g/mol. The van der Waals surface area contributed by atoms with Gasteiger partial charge in [-0.3, -0.25) is 0 Å². The van der Waals surface area contributed by atoms with Gasteiger partial charge in [0.2, 0.25) is 6.08 Å². The third-order valence-electron chi connectivity index (χ3n) is 1.40. The molecule has 0 aromatic heterocycles. The summed E-state index contributed by atoms with van der Waals surface area (Å²) in [5, 5.41) is 0. The molecule has 0 aliphatic carbocycles. The Kier molecular flexibility index (Phi) is 4.30. The van der Waals surface area contributed by atoms with Gasteiger partial charge < -0.3 is 4.74 Å². The Hall–Kier alpha value is -1.79. The molecule has 1 rings (SSSR count). The van der Waals surface area contributed by atoms with Gasteiger partial charge in [0.15, 0.2) is 0 Å². The van der Waals surface area contributed by atoms with Gasteiger partial charge in [0.1, 0.15) is 5.75 Å². The molecule has 0 heterocycles. The Labute approximate surface area is 97.5 Å². The topological polar surface area (TPSA) is 55.7 Å². The minimum Gasteiger partial charge on any atom is -0.408 e. The first-order valence-electron chi connectivity index (χ1n) is 4.06. The highest BCUT2D eigenvalue weighted by molar-refractivity contribution is 8.00. The molecule has 0 spiro atoms. The number of alkyl halides is 3. The quantitative estimate of drug-likeness (QED) is 0.467. The third kappa shape index (κ3) is 5.19. The highest BCUT2D eigenvalue weighted by Gasteiger charge is 2.29. The molecule has 4 nitrogen and oxygen atoms in total. The summed E-state index contributed by atoms with van der Waals surface area (Å²) >= 11 is -0.288. The van der Waals surface area contributed by atoms with Crippen molar-refractivity contribution in [1.29, 1.82) is 0 Å². The molecule has 1 amide bonds. The van der Waals surface area contributed by atoms with E-state index in [-0.39, 0.29) is 22.4 Å². The van der Waals surface area contributed by atoms with Crippen molar-refractivity contribution in [2.24, 2.45) is 4.99 Å². The number of isocyanates is 1. The minimum atomic E-state index is -4.37. The number of hydrogen-bond acceptors (Lipinski definition) is 4. The first kappa shape index (κ1) is 13.3. The Bertz CT molecular complexity index is 452. The highest BCUT2D eigenvalue weighted by atomic mass is 32.2. The summed E-state index contributed by atoms with van der Waals surface area (Å²) in [6.07, 6.45) is -0.206. The minimum absolute atomic E-state index is 0.0134. The SMILES string of the molecule is O=C=NC(=O)Oc1ccc(SC(F)(F)F)cc1. The average Bonchev–Trinajstić information content (AvgIpc) is 2.19. The lowest BCUT2D eigenvalue weighted by Gasteiger charge is -2.05. The van der Waals surface area contributed by atoms with Gasteiger partial charge in [0, 0.05) is 4.90 Å². The molecule has 1 aromatic carbocycles. The van der Waals surface area contributed by atoms with Crippen LogP contribution in [0, 0.1) is 0 Å². The van der Waals surface area contributed by atoms with E-state index in [1.807, 2.05) is 0 Å². The van der Waals surface area contributed by atoms with Crippen LogP contribution in [-0.4, -0.2) is 17.7 Å². The van der Waals surface area contributed by atoms with Gasteiger partial charge in [-0.15, -0.1) is 0 Å². The van der Waals surface area contributed by atoms with Crippen LogP contribution in [0.15, 0.2) is 34.2 Å². The maximum atomic E-state index is 12.0. The fourth-order valence-corrected chi connectivity index (χ4v) is 1.41. The fourth-order valence-electron chi connectivity index (χ4n) is 0.870. The lowest BCUT2D eigenvalue weighted by Crippen LogP contribution is -2.01. The van der Waals surface area contributed by atoms with Crippen LogP contribution in [0.25, 0.3) is 0 Å². The largest absolute Gasteiger partial charge is 0.450 e. The molecule has 0 radical (unpaired) electrons. The number of benzene rings is 1. The third-order valence-corrected chi connectivity index (χ3v) is 2.14. The standard InChI is InChI=1S/C9H4F3NO3S/c10-9(11,12)17-7-3-1-6(2-4-7)16-8(15)13-5-14/h1-4H. The molecule has 1 aromatic rings. The first-order chi connectivity index (χ1) is 7.90. The fraction of sp³-hybridized carbons (Fsp3) is 0.111. The number of nitrogens with zero attached hydrogens (tertiary/aromatic N) is 1. The van der Waals surface area contributed by atoms with E-state index in [2.05, 4.69) is 9.73 Å². The van der Waals surface area contributed by atoms with Gasteiger partial charge in [0.25, 0.3) is 0 Å². The molecule has 0 saturated heterocycles. The maximum Gasteiger partial charge on any atom is 0.450 e. The van der Waals surface area contributed by atoms with Gasteiger partial charge in [-0.2, -0.15) is 13.2 Å². The summed E-state index contributed by atoms with van der Waals surface area (Å²) < 4.78 is 40.4. The number of hydrogen-bond donors (Lipinski definition) is 0. The Morgan fingerprint density at radius 1 is 1.29 bits per heavy atom. The van der Waals surface area contributed by atoms with Gasteiger partial charge >= 0.3 is 11.6 Å². The van der Waals surface area contributed by atoms with Crippen LogP contribution in [0.3, 0.4) is 0 Å². The molecule has 0 atom stereocenters. The zero-order chi connectivity index (χ0) is 12.9. The van der Waals surface area contributed by atoms with Gasteiger partial charge in [-0.05, 0) is 36.0 Å². The van der Waals surface area contributed by atoms with Crippen molar-refractivity contribution in [2.45, 2.75) is 10.4 Å². The van der Waals surface area contributed by atoms with E-state index in [9.17, 15) is 22.8 Å². The first-order valence-corrected chi connectivity index (χ1v) is 4.88. The Morgan fingerprint density at radius 3 is 2.35 bits per heavy atom. The van der Waals surface area contributed by atoms with Crippen molar-refractivity contribution in [2.75, 3.05) is 0 Å². The molecule has 0 N–H and O–H groups in total. The van der Waals surface area contributed by atoms with Crippen molar-refractivity contribution in [3.05, 3.63) is 24.3 Å². The summed E-state index contributed by atoms with van der Waals surface area (Å²) in [6.45, 7) is 0. The molecule has 0 unspecified atom stereocenters. The van der Waals surface area contributed by atoms with Crippen LogP contribution in [0.4, 0.5) is 18.0 Å². The summed E-state index contributed by atoms with van der Waals surface area (Å²) in [6, 6.07) is 4.58. The Morgan fingerprint density at radius 2 is 1.88 bits per heavy atom. The number of aliphatic imine (C=N–C) groups is 1. The summed E-state index contributed by atoms with van der Waals surface area (Å²) in [5.74, 6) is -0.0134. The zero-order valence-corrected chi connectivity index (χ0v) is 8.84. The number of rotatable bonds is 2. The van der Waals surface area contributed by atoms with E-state index < -0.39 is 11.6 Å². The van der Waals surface area contributed by atoms with Crippen LogP contribution in [0.5, 0.6) is 5.75 Å². The van der Waals surface area contributed by atoms with Gasteiger partial charge in [0.05, 0.1) is 0 Å². The number of carbonyl (C=O) groups excluding carboxylic acids is 2. The number of amides is 1. The van der Waals surface area contributed by atoms with E-state index in [4.69, 9.17) is 0 Å². The Balaban J connectivity index is 2.68. The van der Waals surface area contributed by atoms with E-state index in [1.165, 1.54) is 0 Å². The van der Waals surface area contributed by atoms with Gasteiger partial charge in [-0.1, -0.05) is 4.99 Å². The van der Waals surface area contributed by atoms with E-state index in [1.54, 1.807) is 0 Å². The van der Waals surface area contributed by atoms with Crippen molar-refractivity contribution in [3.8, 4) is 5.75 Å². The lowest BCUT2D eigenvalue weighted by molar-refractivity contribution is -0.0328. The highest BCUT2D eigenvalue weighted by Crippen LogP contribution is 2.37. The van der Waals surface area contributed by atoms with Gasteiger partial charge in [-0.25, -0.2) is 9.59 Å². The van der Waals surface area contributed by atoms with Crippen LogP contribution in [0.2, 0.25) is 0 Å². The van der Waals surface area contributed by atoms with E-state index >= 15 is 0 Å². The molecular weight excluding hydrogens is 259 g/mol. The van der Waals surface area contributed by atoms with Crippen molar-refractivity contribution in [3.63, 3.8) is 0 Å². The second-order valence-corrected chi connectivity index (χ2v) is 3.73. The number of halogens is 3. The summed E-state index contributed by atoms with van der Waals surface area (Å²) in [7, 11) is 0. The molecule has 17 heavy (non-hydrogen) atoms. The molecule has 0 aliphatic rings. The van der Waals surface area contributed by atoms with E-state index in [0.29, 0.717) is 0 Å². The molecule has 0 saturated carbocycles. The normalized spacial score (nSPS) is 10.5. The van der Waals surface area contributed by atoms with Crippen LogP contribution in [0.1, 0.15) is 0 Å². The molecule has 8 heteroatoms. The molecule has 0 bridgehead atoms. The summed E-state index contributed by atoms with van der Waals surface area (Å²) in [4.78, 5) is 23.0. The second kappa shape index (κ2) is 5.51. The van der Waals surface area contributed by atoms with E-state index in [0.717, 1.165) is 30.3 Å². The zero-order valence-electron chi connectivity index (χ0n) is 8.02. The number of ether oxygens (including phenoxy) is 1. The molecule has 90 valence electrons. The second-order valence-electron chi connectivity index (χ2n) is 2.59. The molecule has 0 fully saturated rings.